The maximum atomic E-state index is 5.60. The normalized spacial score (nSPS) is 12.9. The maximum absolute atomic E-state index is 5.60. The Kier molecular flexibility index (Phi) is 3.98. The lowest BCUT2D eigenvalue weighted by molar-refractivity contribution is 1.04. The van der Waals surface area contributed by atoms with Gasteiger partial charge >= 0.3 is 0 Å². The third-order valence-electron chi connectivity index (χ3n) is 1.53. The second-order valence-electron chi connectivity index (χ2n) is 2.45. The van der Waals surface area contributed by atoms with Gasteiger partial charge in [-0.3, -0.25) is 0 Å². The Morgan fingerprint density at radius 3 is 2.42 bits per heavy atom. The molecule has 0 bridgehead atoms. The van der Waals surface area contributed by atoms with E-state index in [0.29, 0.717) is 0 Å². The van der Waals surface area contributed by atoms with Gasteiger partial charge in [-0.05, 0) is 23.4 Å². The predicted molar refractivity (Wildman–Crippen MR) is 58.8 cm³/mol. The molecule has 0 heterocycles. The molecule has 2 N–H and O–H groups in total. The van der Waals surface area contributed by atoms with Crippen LogP contribution in [0.5, 0.6) is 0 Å². The fourth-order valence-corrected chi connectivity index (χ4v) is 1.76. The molecule has 0 aliphatic carbocycles. The Hall–Kier alpha value is -0.120. The average molecular weight is 199 g/mol. The molecule has 3 heteroatoms. The van der Waals surface area contributed by atoms with Crippen molar-refractivity contribution in [3.8, 4) is 0 Å². The highest BCUT2D eigenvalue weighted by Gasteiger charge is 1.98. The maximum Gasteiger partial charge on any atom is 0.0734 e. The number of rotatable bonds is 3. The summed E-state index contributed by atoms with van der Waals surface area (Å²) in [6.45, 7) is 2.14. The van der Waals surface area contributed by atoms with E-state index in [9.17, 15) is 0 Å². The number of benzene rings is 1. The Morgan fingerprint density at radius 1 is 1.42 bits per heavy atom. The van der Waals surface area contributed by atoms with Crippen molar-refractivity contribution < 1.29 is 0 Å². The highest BCUT2D eigenvalue weighted by molar-refractivity contribution is 7.99. The SMILES string of the molecule is CCSc1ccc(C(N)S)cc1. The summed E-state index contributed by atoms with van der Waals surface area (Å²) in [5, 5.41) is -0.161. The minimum absolute atomic E-state index is 0.161. The summed E-state index contributed by atoms with van der Waals surface area (Å²) in [5.41, 5.74) is 6.66. The molecule has 1 atom stereocenters. The lowest BCUT2D eigenvalue weighted by Crippen LogP contribution is -2.01. The minimum Gasteiger partial charge on any atom is -0.316 e. The highest BCUT2D eigenvalue weighted by atomic mass is 32.2. The third kappa shape index (κ3) is 2.73. The first-order valence-electron chi connectivity index (χ1n) is 3.90. The molecule has 1 nitrogen and oxygen atoms in total. The number of hydrogen-bond acceptors (Lipinski definition) is 3. The molecule has 1 aromatic rings. The van der Waals surface area contributed by atoms with E-state index in [1.165, 1.54) is 4.90 Å². The molecule has 66 valence electrons. The quantitative estimate of drug-likeness (QED) is 0.445. The van der Waals surface area contributed by atoms with Gasteiger partial charge in [0.15, 0.2) is 0 Å². The molecule has 0 amide bonds. The molecule has 1 rings (SSSR count). The predicted octanol–water partition coefficient (Wildman–Crippen LogP) is 2.69. The molecule has 1 unspecified atom stereocenters. The van der Waals surface area contributed by atoms with E-state index in [1.807, 2.05) is 23.9 Å². The van der Waals surface area contributed by atoms with Gasteiger partial charge in [0.1, 0.15) is 0 Å². The standard InChI is InChI=1S/C9H13NS2/c1-2-12-8-5-3-7(4-6-8)9(10)11/h3-6,9,11H,2,10H2,1H3. The summed E-state index contributed by atoms with van der Waals surface area (Å²) in [5.74, 6) is 1.10. The van der Waals surface area contributed by atoms with Crippen molar-refractivity contribution >= 4 is 24.4 Å². The molecule has 0 radical (unpaired) electrons. The van der Waals surface area contributed by atoms with E-state index in [2.05, 4.69) is 31.7 Å². The molecule has 12 heavy (non-hydrogen) atoms. The summed E-state index contributed by atoms with van der Waals surface area (Å²) in [6, 6.07) is 8.21. The first kappa shape index (κ1) is 9.96. The van der Waals surface area contributed by atoms with E-state index in [-0.39, 0.29) is 5.37 Å². The summed E-state index contributed by atoms with van der Waals surface area (Å²) >= 11 is 5.97. The number of thiol groups is 1. The molecular formula is C9H13NS2. The van der Waals surface area contributed by atoms with Crippen LogP contribution in [0.25, 0.3) is 0 Å². The summed E-state index contributed by atoms with van der Waals surface area (Å²) in [4.78, 5) is 1.29. The van der Waals surface area contributed by atoms with Crippen LogP contribution >= 0.6 is 24.4 Å². The van der Waals surface area contributed by atoms with Crippen molar-refractivity contribution in [2.24, 2.45) is 5.73 Å². The third-order valence-corrected chi connectivity index (χ3v) is 2.72. The second-order valence-corrected chi connectivity index (χ2v) is 4.34. The Labute approximate surface area is 83.1 Å². The van der Waals surface area contributed by atoms with Gasteiger partial charge in [-0.1, -0.05) is 19.1 Å². The number of hydrogen-bond donors (Lipinski definition) is 2. The highest BCUT2D eigenvalue weighted by Crippen LogP contribution is 2.20. The van der Waals surface area contributed by atoms with Gasteiger partial charge in [-0.15, -0.1) is 11.8 Å². The van der Waals surface area contributed by atoms with E-state index in [1.54, 1.807) is 0 Å². The van der Waals surface area contributed by atoms with E-state index < -0.39 is 0 Å². The Balaban J connectivity index is 2.71. The van der Waals surface area contributed by atoms with Crippen molar-refractivity contribution in [1.82, 2.24) is 0 Å². The molecule has 0 aliphatic rings. The van der Waals surface area contributed by atoms with Crippen LogP contribution in [0.2, 0.25) is 0 Å². The summed E-state index contributed by atoms with van der Waals surface area (Å²) in [6.07, 6.45) is 0. The average Bonchev–Trinajstić information content (AvgIpc) is 2.06. The Morgan fingerprint density at radius 2 is 2.00 bits per heavy atom. The fraction of sp³-hybridized carbons (Fsp3) is 0.333. The molecule has 0 saturated carbocycles. The lowest BCUT2D eigenvalue weighted by Gasteiger charge is -2.04. The van der Waals surface area contributed by atoms with Crippen LogP contribution in [0.4, 0.5) is 0 Å². The van der Waals surface area contributed by atoms with Crippen LogP contribution in [-0.2, 0) is 0 Å². The smallest absolute Gasteiger partial charge is 0.0734 e. The first-order valence-corrected chi connectivity index (χ1v) is 5.40. The van der Waals surface area contributed by atoms with Crippen LogP contribution in [0, 0.1) is 0 Å². The minimum atomic E-state index is -0.161. The monoisotopic (exact) mass is 199 g/mol. The molecule has 0 spiro atoms. The van der Waals surface area contributed by atoms with E-state index in [4.69, 9.17) is 5.73 Å². The van der Waals surface area contributed by atoms with Crippen molar-refractivity contribution in [3.05, 3.63) is 29.8 Å². The first-order chi connectivity index (χ1) is 5.74. The van der Waals surface area contributed by atoms with Crippen molar-refractivity contribution in [2.45, 2.75) is 17.2 Å². The fourth-order valence-electron chi connectivity index (χ4n) is 0.928. The van der Waals surface area contributed by atoms with Gasteiger partial charge in [0, 0.05) is 4.90 Å². The molecular weight excluding hydrogens is 186 g/mol. The van der Waals surface area contributed by atoms with Gasteiger partial charge in [0.05, 0.1) is 5.37 Å². The van der Waals surface area contributed by atoms with Gasteiger partial charge in [-0.2, -0.15) is 12.6 Å². The van der Waals surface area contributed by atoms with E-state index >= 15 is 0 Å². The zero-order chi connectivity index (χ0) is 8.97. The molecule has 1 aromatic carbocycles. The Bertz CT molecular complexity index is 231. The van der Waals surface area contributed by atoms with Crippen LogP contribution in [0.15, 0.2) is 29.2 Å². The molecule has 0 saturated heterocycles. The van der Waals surface area contributed by atoms with Gasteiger partial charge in [0.25, 0.3) is 0 Å². The largest absolute Gasteiger partial charge is 0.316 e. The summed E-state index contributed by atoms with van der Waals surface area (Å²) in [7, 11) is 0. The van der Waals surface area contributed by atoms with Crippen LogP contribution in [-0.4, -0.2) is 5.75 Å². The topological polar surface area (TPSA) is 26.0 Å². The molecule has 0 aromatic heterocycles. The van der Waals surface area contributed by atoms with Crippen molar-refractivity contribution in [3.63, 3.8) is 0 Å². The molecule has 0 fully saturated rings. The van der Waals surface area contributed by atoms with Gasteiger partial charge < -0.3 is 5.73 Å². The zero-order valence-electron chi connectivity index (χ0n) is 7.03. The molecule has 0 aliphatic heterocycles. The van der Waals surface area contributed by atoms with Gasteiger partial charge in [-0.25, -0.2) is 0 Å². The number of nitrogens with two attached hydrogens (primary N) is 1. The zero-order valence-corrected chi connectivity index (χ0v) is 8.74. The van der Waals surface area contributed by atoms with Crippen LogP contribution < -0.4 is 5.73 Å². The second kappa shape index (κ2) is 4.80. The lowest BCUT2D eigenvalue weighted by atomic mass is 10.2. The van der Waals surface area contributed by atoms with Crippen molar-refractivity contribution in [2.75, 3.05) is 5.75 Å². The van der Waals surface area contributed by atoms with E-state index in [0.717, 1.165) is 11.3 Å². The van der Waals surface area contributed by atoms with Crippen LogP contribution in [0.1, 0.15) is 17.9 Å². The van der Waals surface area contributed by atoms with Gasteiger partial charge in [0.2, 0.25) is 0 Å². The van der Waals surface area contributed by atoms with Crippen LogP contribution in [0.3, 0.4) is 0 Å². The van der Waals surface area contributed by atoms with Crippen molar-refractivity contribution in [1.29, 1.82) is 0 Å². The summed E-state index contributed by atoms with van der Waals surface area (Å²) < 4.78 is 0. The number of thioether (sulfide) groups is 1.